The summed E-state index contributed by atoms with van der Waals surface area (Å²) in [5, 5.41) is 11.8. The van der Waals surface area contributed by atoms with Crippen LogP contribution in [0.25, 0.3) is 0 Å². The van der Waals surface area contributed by atoms with Crippen LogP contribution in [-0.2, 0) is 0 Å². The summed E-state index contributed by atoms with van der Waals surface area (Å²) in [5.74, 6) is 2.80. The number of nitrogens with one attached hydrogen (secondary N) is 1. The number of hydrogen-bond acceptors (Lipinski definition) is 9. The lowest BCUT2D eigenvalue weighted by atomic mass is 9.97. The van der Waals surface area contributed by atoms with Crippen LogP contribution in [0.15, 0.2) is 30.2 Å². The topological polar surface area (TPSA) is 92.6 Å². The van der Waals surface area contributed by atoms with E-state index in [-0.39, 0.29) is 5.92 Å². The molecule has 1 aliphatic rings. The van der Waals surface area contributed by atoms with E-state index in [9.17, 15) is 0 Å². The van der Waals surface area contributed by atoms with Crippen molar-refractivity contribution in [1.29, 1.82) is 0 Å². The average Bonchev–Trinajstić information content (AvgIpc) is 3.15. The first-order valence-electron chi connectivity index (χ1n) is 8.17. The molecule has 1 N–H and O–H groups in total. The third kappa shape index (κ3) is 3.71. The minimum atomic E-state index is 0.269. The minimum absolute atomic E-state index is 0.269. The zero-order valence-electron chi connectivity index (χ0n) is 13.8. The van der Waals surface area contributed by atoms with Crippen LogP contribution in [0.5, 0.6) is 0 Å². The van der Waals surface area contributed by atoms with Crippen molar-refractivity contribution in [2.24, 2.45) is 0 Å². The second-order valence-corrected chi connectivity index (χ2v) is 6.80. The summed E-state index contributed by atoms with van der Waals surface area (Å²) in [6.07, 6.45) is 7.38. The van der Waals surface area contributed by atoms with Gasteiger partial charge in [-0.2, -0.15) is 0 Å². The van der Waals surface area contributed by atoms with E-state index in [1.807, 2.05) is 19.2 Å². The molecule has 25 heavy (non-hydrogen) atoms. The first kappa shape index (κ1) is 15.8. The maximum atomic E-state index is 4.71. The van der Waals surface area contributed by atoms with Gasteiger partial charge in [0, 0.05) is 43.2 Å². The maximum Gasteiger partial charge on any atom is 0.210 e. The molecule has 0 amide bonds. The highest BCUT2D eigenvalue weighted by molar-refractivity contribution is 7.13. The van der Waals surface area contributed by atoms with E-state index >= 15 is 0 Å². The Morgan fingerprint density at radius 3 is 3.04 bits per heavy atom. The Morgan fingerprint density at radius 1 is 1.28 bits per heavy atom. The average molecular weight is 354 g/mol. The number of rotatable bonds is 4. The van der Waals surface area contributed by atoms with E-state index in [4.69, 9.17) is 4.98 Å². The smallest absolute Gasteiger partial charge is 0.210 e. The Morgan fingerprint density at radius 2 is 2.24 bits per heavy atom. The largest absolute Gasteiger partial charge is 0.355 e. The normalized spacial score (nSPS) is 17.5. The van der Waals surface area contributed by atoms with Crippen molar-refractivity contribution in [3.05, 3.63) is 41.7 Å². The Kier molecular flexibility index (Phi) is 4.47. The fourth-order valence-corrected chi connectivity index (χ4v) is 3.48. The van der Waals surface area contributed by atoms with Gasteiger partial charge in [0.1, 0.15) is 23.0 Å². The van der Waals surface area contributed by atoms with Crippen molar-refractivity contribution in [2.75, 3.05) is 23.3 Å². The molecular weight excluding hydrogens is 336 g/mol. The molecular formula is C16H18N8S. The Bertz CT molecular complexity index is 823. The molecule has 0 bridgehead atoms. The first-order chi connectivity index (χ1) is 12.3. The predicted molar refractivity (Wildman–Crippen MR) is 96.2 cm³/mol. The molecule has 1 aliphatic heterocycles. The molecule has 1 saturated heterocycles. The molecule has 1 atom stereocenters. The summed E-state index contributed by atoms with van der Waals surface area (Å²) in [6.45, 7) is 3.82. The summed E-state index contributed by atoms with van der Waals surface area (Å²) >= 11 is 1.45. The van der Waals surface area contributed by atoms with Crippen LogP contribution >= 0.6 is 11.3 Å². The molecule has 8 nitrogen and oxygen atoms in total. The monoisotopic (exact) mass is 354 g/mol. The number of aryl methyl sites for hydroxylation is 1. The number of hydrogen-bond donors (Lipinski definition) is 1. The van der Waals surface area contributed by atoms with Crippen molar-refractivity contribution >= 4 is 28.1 Å². The lowest BCUT2D eigenvalue weighted by molar-refractivity contribution is 0.488. The summed E-state index contributed by atoms with van der Waals surface area (Å²) in [4.78, 5) is 20.2. The first-order valence-corrected chi connectivity index (χ1v) is 9.05. The van der Waals surface area contributed by atoms with Crippen molar-refractivity contribution in [1.82, 2.24) is 30.1 Å². The quantitative estimate of drug-likeness (QED) is 0.764. The highest BCUT2D eigenvalue weighted by Crippen LogP contribution is 2.28. The lowest BCUT2D eigenvalue weighted by Gasteiger charge is -2.32. The zero-order valence-corrected chi connectivity index (χ0v) is 14.6. The van der Waals surface area contributed by atoms with Crippen LogP contribution in [0.2, 0.25) is 0 Å². The summed E-state index contributed by atoms with van der Waals surface area (Å²) in [5.41, 5.74) is 2.63. The molecule has 0 aliphatic carbocycles. The Labute approximate surface area is 149 Å². The Balaban J connectivity index is 1.55. The molecule has 1 fully saturated rings. The van der Waals surface area contributed by atoms with Gasteiger partial charge in [-0.15, -0.1) is 10.2 Å². The fraction of sp³-hybridized carbons (Fsp3) is 0.375. The minimum Gasteiger partial charge on any atom is -0.355 e. The van der Waals surface area contributed by atoms with E-state index in [2.05, 4.69) is 35.4 Å². The molecule has 0 aromatic carbocycles. The van der Waals surface area contributed by atoms with Crippen molar-refractivity contribution in [3.63, 3.8) is 0 Å². The van der Waals surface area contributed by atoms with E-state index in [1.54, 1.807) is 17.9 Å². The molecule has 3 aromatic heterocycles. The van der Waals surface area contributed by atoms with Gasteiger partial charge in [-0.05, 0) is 19.8 Å². The van der Waals surface area contributed by atoms with Crippen molar-refractivity contribution < 1.29 is 0 Å². The molecule has 4 rings (SSSR count). The van der Waals surface area contributed by atoms with Gasteiger partial charge in [-0.3, -0.25) is 4.98 Å². The van der Waals surface area contributed by atoms with E-state index in [0.29, 0.717) is 0 Å². The number of aromatic nitrogens is 6. The molecule has 0 unspecified atom stereocenters. The van der Waals surface area contributed by atoms with Crippen LogP contribution in [0, 0.1) is 6.92 Å². The van der Waals surface area contributed by atoms with E-state index in [0.717, 1.165) is 54.2 Å². The van der Waals surface area contributed by atoms with Crippen LogP contribution in [0.1, 0.15) is 30.3 Å². The SMILES string of the molecule is Cc1cc(Nc2nncs2)nc([C@H]2CCCN(c3cnccn3)C2)n1. The van der Waals surface area contributed by atoms with Gasteiger partial charge in [0.05, 0.1) is 6.20 Å². The molecule has 128 valence electrons. The van der Waals surface area contributed by atoms with E-state index < -0.39 is 0 Å². The van der Waals surface area contributed by atoms with Crippen molar-refractivity contribution in [3.8, 4) is 0 Å². The molecule has 0 spiro atoms. The van der Waals surface area contributed by atoms with Crippen LogP contribution in [0.3, 0.4) is 0 Å². The van der Waals surface area contributed by atoms with Crippen LogP contribution in [-0.4, -0.2) is 43.2 Å². The second kappa shape index (κ2) is 7.06. The van der Waals surface area contributed by atoms with E-state index in [1.165, 1.54) is 11.3 Å². The van der Waals surface area contributed by atoms with Gasteiger partial charge in [-0.1, -0.05) is 11.3 Å². The van der Waals surface area contributed by atoms with Gasteiger partial charge in [0.2, 0.25) is 5.13 Å². The van der Waals surface area contributed by atoms with Gasteiger partial charge in [0.25, 0.3) is 0 Å². The molecule has 3 aromatic rings. The fourth-order valence-electron chi connectivity index (χ4n) is 3.03. The number of nitrogens with zero attached hydrogens (tertiary/aromatic N) is 7. The van der Waals surface area contributed by atoms with Gasteiger partial charge >= 0.3 is 0 Å². The third-order valence-electron chi connectivity index (χ3n) is 4.13. The van der Waals surface area contributed by atoms with Crippen molar-refractivity contribution in [2.45, 2.75) is 25.7 Å². The summed E-state index contributed by atoms with van der Waals surface area (Å²) in [6, 6.07) is 1.92. The molecule has 4 heterocycles. The number of piperidine rings is 1. The maximum absolute atomic E-state index is 4.71. The number of anilines is 3. The van der Waals surface area contributed by atoms with Crippen LogP contribution in [0.4, 0.5) is 16.8 Å². The van der Waals surface area contributed by atoms with Gasteiger partial charge in [0.15, 0.2) is 0 Å². The zero-order chi connectivity index (χ0) is 17.1. The second-order valence-electron chi connectivity index (χ2n) is 5.97. The Hall–Kier alpha value is -2.68. The third-order valence-corrected chi connectivity index (χ3v) is 4.73. The predicted octanol–water partition coefficient (Wildman–Crippen LogP) is 2.55. The summed E-state index contributed by atoms with van der Waals surface area (Å²) < 4.78 is 0. The summed E-state index contributed by atoms with van der Waals surface area (Å²) in [7, 11) is 0. The highest BCUT2D eigenvalue weighted by atomic mass is 32.1. The molecule has 0 saturated carbocycles. The van der Waals surface area contributed by atoms with Crippen LogP contribution < -0.4 is 10.2 Å². The molecule has 0 radical (unpaired) electrons. The lowest BCUT2D eigenvalue weighted by Crippen LogP contribution is -2.35. The molecule has 9 heteroatoms. The highest BCUT2D eigenvalue weighted by Gasteiger charge is 2.25. The van der Waals surface area contributed by atoms with Gasteiger partial charge < -0.3 is 10.2 Å². The standard InChI is InChI=1S/C16H18N8S/c1-11-7-13(22-16-23-19-10-25-16)21-15(20-11)12-3-2-6-24(9-12)14-8-17-4-5-18-14/h4-5,7-8,10,12H,2-3,6,9H2,1H3,(H,20,21,22,23)/t12-/m0/s1. The van der Waals surface area contributed by atoms with Gasteiger partial charge in [-0.25, -0.2) is 15.0 Å².